The topological polar surface area (TPSA) is 86.5 Å². The van der Waals surface area contributed by atoms with E-state index in [1.54, 1.807) is 0 Å². The standard InChI is InChI=1S/C11H13F2NO4S/c1-3-18-11(15)8-6(14)4-5-7(19(2,16)17)9(8)10(12)13/h4-5,10H,3,14H2,1-2H3. The highest BCUT2D eigenvalue weighted by atomic mass is 32.2. The van der Waals surface area contributed by atoms with Crippen LogP contribution in [0.15, 0.2) is 17.0 Å². The zero-order chi connectivity index (χ0) is 14.8. The molecule has 0 radical (unpaired) electrons. The number of esters is 1. The summed E-state index contributed by atoms with van der Waals surface area (Å²) in [5.74, 6) is -1.07. The van der Waals surface area contributed by atoms with Gasteiger partial charge in [0.05, 0.1) is 22.6 Å². The molecule has 2 N–H and O–H groups in total. The molecule has 0 aliphatic carbocycles. The van der Waals surface area contributed by atoms with E-state index in [0.29, 0.717) is 0 Å². The van der Waals surface area contributed by atoms with Crippen molar-refractivity contribution in [2.24, 2.45) is 0 Å². The van der Waals surface area contributed by atoms with Crippen molar-refractivity contribution >= 4 is 21.5 Å². The molecule has 0 heterocycles. The first-order valence-electron chi connectivity index (χ1n) is 5.27. The smallest absolute Gasteiger partial charge is 0.340 e. The van der Waals surface area contributed by atoms with E-state index >= 15 is 0 Å². The molecule has 5 nitrogen and oxygen atoms in total. The van der Waals surface area contributed by atoms with E-state index < -0.39 is 38.3 Å². The summed E-state index contributed by atoms with van der Waals surface area (Å²) >= 11 is 0. The third kappa shape index (κ3) is 3.19. The number of alkyl halides is 2. The molecule has 0 amide bonds. The fraction of sp³-hybridized carbons (Fsp3) is 0.364. The summed E-state index contributed by atoms with van der Waals surface area (Å²) in [6, 6.07) is 2.05. The summed E-state index contributed by atoms with van der Waals surface area (Å²) in [5.41, 5.74) is 3.71. The Morgan fingerprint density at radius 1 is 1.42 bits per heavy atom. The van der Waals surface area contributed by atoms with Crippen molar-refractivity contribution < 1.29 is 26.7 Å². The lowest BCUT2D eigenvalue weighted by Crippen LogP contribution is -2.15. The molecule has 0 fully saturated rings. The van der Waals surface area contributed by atoms with Crippen molar-refractivity contribution in [3.8, 4) is 0 Å². The quantitative estimate of drug-likeness (QED) is 0.675. The second-order valence-electron chi connectivity index (χ2n) is 3.73. The Bertz CT molecular complexity index is 599. The molecular formula is C11H13F2NO4S. The highest BCUT2D eigenvalue weighted by Gasteiger charge is 2.29. The molecule has 0 spiro atoms. The number of benzene rings is 1. The van der Waals surface area contributed by atoms with Gasteiger partial charge in [0.15, 0.2) is 9.84 Å². The van der Waals surface area contributed by atoms with Crippen molar-refractivity contribution in [3.05, 3.63) is 23.3 Å². The summed E-state index contributed by atoms with van der Waals surface area (Å²) in [7, 11) is -3.91. The van der Waals surface area contributed by atoms with Crippen LogP contribution in [0.1, 0.15) is 29.3 Å². The van der Waals surface area contributed by atoms with Gasteiger partial charge in [0.2, 0.25) is 0 Å². The number of rotatable bonds is 4. The molecule has 0 aromatic heterocycles. The normalized spacial score (nSPS) is 11.6. The molecule has 0 unspecified atom stereocenters. The van der Waals surface area contributed by atoms with Crippen LogP contribution in [-0.2, 0) is 14.6 Å². The maximum absolute atomic E-state index is 13.1. The van der Waals surface area contributed by atoms with Gasteiger partial charge < -0.3 is 10.5 Å². The summed E-state index contributed by atoms with van der Waals surface area (Å²) in [6.45, 7) is 1.46. The third-order valence-electron chi connectivity index (χ3n) is 2.33. The number of sulfone groups is 1. The number of hydrogen-bond acceptors (Lipinski definition) is 5. The minimum absolute atomic E-state index is 0.0376. The van der Waals surface area contributed by atoms with E-state index in [1.807, 2.05) is 0 Å². The third-order valence-corrected chi connectivity index (χ3v) is 3.49. The Hall–Kier alpha value is -1.70. The molecule has 0 saturated heterocycles. The van der Waals surface area contributed by atoms with E-state index in [9.17, 15) is 22.0 Å². The van der Waals surface area contributed by atoms with Gasteiger partial charge in [-0.05, 0) is 19.1 Å². The molecule has 0 aliphatic heterocycles. The minimum atomic E-state index is -3.91. The van der Waals surface area contributed by atoms with Crippen molar-refractivity contribution in [1.82, 2.24) is 0 Å². The van der Waals surface area contributed by atoms with Crippen molar-refractivity contribution in [1.29, 1.82) is 0 Å². The lowest BCUT2D eigenvalue weighted by molar-refractivity contribution is 0.0515. The van der Waals surface area contributed by atoms with E-state index in [-0.39, 0.29) is 12.3 Å². The van der Waals surface area contributed by atoms with Crippen molar-refractivity contribution in [2.45, 2.75) is 18.2 Å². The van der Waals surface area contributed by atoms with Crippen LogP contribution in [0.5, 0.6) is 0 Å². The van der Waals surface area contributed by atoms with Crippen molar-refractivity contribution in [3.63, 3.8) is 0 Å². The number of carbonyl (C=O) groups excluding carboxylic acids is 1. The molecule has 1 aromatic carbocycles. The predicted octanol–water partition coefficient (Wildman–Crippen LogP) is 1.79. The van der Waals surface area contributed by atoms with Crippen LogP contribution in [0.3, 0.4) is 0 Å². The average molecular weight is 293 g/mol. The summed E-state index contributed by atoms with van der Waals surface area (Å²) in [6.07, 6.45) is -2.38. The molecule has 106 valence electrons. The van der Waals surface area contributed by atoms with Crippen LogP contribution >= 0.6 is 0 Å². The molecule has 0 atom stereocenters. The number of ether oxygens (including phenoxy) is 1. The van der Waals surface area contributed by atoms with Gasteiger partial charge in [-0.1, -0.05) is 0 Å². The van der Waals surface area contributed by atoms with Crippen LogP contribution in [0, 0.1) is 0 Å². The SMILES string of the molecule is CCOC(=O)c1c(N)ccc(S(C)(=O)=O)c1C(F)F. The van der Waals surface area contributed by atoms with Gasteiger partial charge in [-0.15, -0.1) is 0 Å². The maximum atomic E-state index is 13.1. The fourth-order valence-corrected chi connectivity index (χ4v) is 2.49. The summed E-state index contributed by atoms with van der Waals surface area (Å²) in [5, 5.41) is 0. The van der Waals surface area contributed by atoms with Crippen LogP contribution in [0.25, 0.3) is 0 Å². The van der Waals surface area contributed by atoms with Crippen molar-refractivity contribution in [2.75, 3.05) is 18.6 Å². The molecular weight excluding hydrogens is 280 g/mol. The van der Waals surface area contributed by atoms with Crippen LogP contribution in [0.4, 0.5) is 14.5 Å². The summed E-state index contributed by atoms with van der Waals surface area (Å²) in [4.78, 5) is 11.0. The monoisotopic (exact) mass is 293 g/mol. The summed E-state index contributed by atoms with van der Waals surface area (Å²) < 4.78 is 53.7. The number of anilines is 1. The van der Waals surface area contributed by atoms with Crippen LogP contribution in [-0.4, -0.2) is 27.2 Å². The lowest BCUT2D eigenvalue weighted by atomic mass is 10.1. The molecule has 0 aliphatic rings. The van der Waals surface area contributed by atoms with E-state index in [0.717, 1.165) is 18.4 Å². The average Bonchev–Trinajstić information content (AvgIpc) is 2.26. The predicted molar refractivity (Wildman–Crippen MR) is 64.9 cm³/mol. The first kappa shape index (κ1) is 15.4. The van der Waals surface area contributed by atoms with Gasteiger partial charge in [0.1, 0.15) is 0 Å². The number of nitrogen functional groups attached to an aromatic ring is 1. The van der Waals surface area contributed by atoms with Gasteiger partial charge in [0.25, 0.3) is 6.43 Å². The van der Waals surface area contributed by atoms with Gasteiger partial charge in [-0.25, -0.2) is 22.0 Å². The zero-order valence-corrected chi connectivity index (χ0v) is 11.1. The Morgan fingerprint density at radius 3 is 2.42 bits per heavy atom. The fourth-order valence-electron chi connectivity index (χ4n) is 1.59. The van der Waals surface area contributed by atoms with E-state index in [4.69, 9.17) is 5.73 Å². The Kier molecular flexibility index (Phi) is 4.46. The van der Waals surface area contributed by atoms with Gasteiger partial charge in [-0.2, -0.15) is 0 Å². The van der Waals surface area contributed by atoms with Gasteiger partial charge >= 0.3 is 5.97 Å². The van der Waals surface area contributed by atoms with Gasteiger partial charge in [-0.3, -0.25) is 0 Å². The van der Waals surface area contributed by atoms with E-state index in [1.165, 1.54) is 6.92 Å². The molecule has 0 bridgehead atoms. The first-order valence-corrected chi connectivity index (χ1v) is 7.17. The number of nitrogens with two attached hydrogens (primary N) is 1. The van der Waals surface area contributed by atoms with Crippen LogP contribution < -0.4 is 5.73 Å². The first-order chi connectivity index (χ1) is 8.70. The largest absolute Gasteiger partial charge is 0.462 e. The molecule has 1 rings (SSSR count). The maximum Gasteiger partial charge on any atom is 0.340 e. The molecule has 1 aromatic rings. The second kappa shape index (κ2) is 5.52. The number of hydrogen-bond donors (Lipinski definition) is 1. The van der Waals surface area contributed by atoms with Crippen LogP contribution in [0.2, 0.25) is 0 Å². The Labute approximate surface area is 109 Å². The molecule has 19 heavy (non-hydrogen) atoms. The molecule has 0 saturated carbocycles. The second-order valence-corrected chi connectivity index (χ2v) is 5.72. The highest BCUT2D eigenvalue weighted by Crippen LogP contribution is 2.33. The Morgan fingerprint density at radius 2 is 2.00 bits per heavy atom. The van der Waals surface area contributed by atoms with E-state index in [2.05, 4.69) is 4.74 Å². The van der Waals surface area contributed by atoms with Gasteiger partial charge in [0, 0.05) is 11.9 Å². The number of halogens is 2. The lowest BCUT2D eigenvalue weighted by Gasteiger charge is -2.14. The minimum Gasteiger partial charge on any atom is -0.462 e. The Balaban J connectivity index is 3.65. The molecule has 8 heteroatoms. The number of carbonyl (C=O) groups is 1. The highest BCUT2D eigenvalue weighted by molar-refractivity contribution is 7.90. The zero-order valence-electron chi connectivity index (χ0n) is 10.3.